The zero-order valence-corrected chi connectivity index (χ0v) is 18.9. The third-order valence-electron chi connectivity index (χ3n) is 4.77. The van der Waals surface area contributed by atoms with Crippen molar-refractivity contribution in [2.24, 2.45) is 0 Å². The van der Waals surface area contributed by atoms with E-state index in [1.807, 2.05) is 19.9 Å². The maximum atomic E-state index is 13.0. The van der Waals surface area contributed by atoms with Crippen LogP contribution < -0.4 is 10.0 Å². The number of hydrogen-bond donors (Lipinski definition) is 2. The van der Waals surface area contributed by atoms with Crippen molar-refractivity contribution in [3.05, 3.63) is 86.9 Å². The fourth-order valence-corrected chi connectivity index (χ4v) is 4.56. The number of aryl methyl sites for hydroxylation is 2. The van der Waals surface area contributed by atoms with Gasteiger partial charge in [0.2, 0.25) is 0 Å². The van der Waals surface area contributed by atoms with Gasteiger partial charge in [-0.2, -0.15) is 0 Å². The van der Waals surface area contributed by atoms with E-state index in [9.17, 15) is 13.2 Å². The van der Waals surface area contributed by atoms with Crippen LogP contribution in [0.2, 0.25) is 10.0 Å². The summed E-state index contributed by atoms with van der Waals surface area (Å²) in [6.07, 6.45) is 0. The highest BCUT2D eigenvalue weighted by molar-refractivity contribution is 7.92. The molecule has 0 heterocycles. The molecule has 0 spiro atoms. The van der Waals surface area contributed by atoms with Crippen LogP contribution in [0.25, 0.3) is 0 Å². The molecule has 0 bridgehead atoms. The molecule has 1 amide bonds. The number of nitrogens with one attached hydrogen (secondary N) is 2. The summed E-state index contributed by atoms with van der Waals surface area (Å²) in [5.41, 5.74) is 3.49. The molecule has 0 saturated carbocycles. The first kappa shape index (κ1) is 22.2. The second-order valence-corrected chi connectivity index (χ2v) is 9.38. The average Bonchev–Trinajstić information content (AvgIpc) is 2.68. The summed E-state index contributed by atoms with van der Waals surface area (Å²) in [6.45, 7) is 5.44. The first-order valence-corrected chi connectivity index (χ1v) is 11.3. The Labute approximate surface area is 186 Å². The highest BCUT2D eigenvalue weighted by Gasteiger charge is 2.20. The molecule has 2 N–H and O–H groups in total. The van der Waals surface area contributed by atoms with Crippen molar-refractivity contribution in [3.63, 3.8) is 0 Å². The second kappa shape index (κ2) is 8.68. The Morgan fingerprint density at radius 3 is 2.30 bits per heavy atom. The number of rotatable bonds is 5. The minimum absolute atomic E-state index is 0.0326. The molecular formula is C22H20Cl2N2O3S. The number of hydrogen-bond acceptors (Lipinski definition) is 3. The molecule has 0 fully saturated rings. The van der Waals surface area contributed by atoms with Crippen molar-refractivity contribution in [3.8, 4) is 0 Å². The van der Waals surface area contributed by atoms with Crippen LogP contribution >= 0.6 is 23.2 Å². The third kappa shape index (κ3) is 4.78. The summed E-state index contributed by atoms with van der Waals surface area (Å²) in [6, 6.07) is 14.6. The molecule has 0 saturated heterocycles. The molecule has 0 aliphatic heterocycles. The lowest BCUT2D eigenvalue weighted by Crippen LogP contribution is -2.17. The monoisotopic (exact) mass is 462 g/mol. The van der Waals surface area contributed by atoms with Gasteiger partial charge < -0.3 is 5.32 Å². The molecule has 156 valence electrons. The minimum atomic E-state index is -3.89. The van der Waals surface area contributed by atoms with Gasteiger partial charge in [0.05, 0.1) is 20.6 Å². The van der Waals surface area contributed by atoms with Crippen LogP contribution in [0.15, 0.2) is 59.5 Å². The van der Waals surface area contributed by atoms with E-state index in [0.29, 0.717) is 27.0 Å². The maximum Gasteiger partial charge on any atom is 0.262 e. The van der Waals surface area contributed by atoms with Gasteiger partial charge in [0.1, 0.15) is 0 Å². The van der Waals surface area contributed by atoms with E-state index in [1.54, 1.807) is 43.3 Å². The van der Waals surface area contributed by atoms with Crippen LogP contribution in [0.5, 0.6) is 0 Å². The lowest BCUT2D eigenvalue weighted by atomic mass is 10.1. The first-order valence-electron chi connectivity index (χ1n) is 9.04. The highest BCUT2D eigenvalue weighted by atomic mass is 35.5. The smallest absolute Gasteiger partial charge is 0.262 e. The van der Waals surface area contributed by atoms with Crippen molar-refractivity contribution in [1.82, 2.24) is 0 Å². The van der Waals surface area contributed by atoms with Crippen molar-refractivity contribution in [1.29, 1.82) is 0 Å². The molecule has 0 aliphatic rings. The van der Waals surface area contributed by atoms with Crippen LogP contribution in [-0.2, 0) is 10.0 Å². The molecule has 0 aromatic heterocycles. The molecule has 30 heavy (non-hydrogen) atoms. The first-order chi connectivity index (χ1) is 14.1. The van der Waals surface area contributed by atoms with Crippen LogP contribution in [0.4, 0.5) is 11.4 Å². The SMILES string of the molecule is Cc1ccc(C(=O)Nc2ccc(Cl)c(Cl)c2)cc1S(=O)(=O)Nc1cccc(C)c1C. The molecule has 0 radical (unpaired) electrons. The molecule has 0 atom stereocenters. The van der Waals surface area contributed by atoms with Crippen molar-refractivity contribution < 1.29 is 13.2 Å². The Balaban J connectivity index is 1.91. The van der Waals surface area contributed by atoms with Crippen LogP contribution in [0.1, 0.15) is 27.0 Å². The van der Waals surface area contributed by atoms with E-state index in [0.717, 1.165) is 11.1 Å². The Morgan fingerprint density at radius 1 is 0.867 bits per heavy atom. The predicted molar refractivity (Wildman–Crippen MR) is 122 cm³/mol. The summed E-state index contributed by atoms with van der Waals surface area (Å²) in [5.74, 6) is -0.462. The van der Waals surface area contributed by atoms with Gasteiger partial charge in [-0.15, -0.1) is 0 Å². The summed E-state index contributed by atoms with van der Waals surface area (Å²) >= 11 is 11.9. The number of anilines is 2. The van der Waals surface area contributed by atoms with Gasteiger partial charge in [-0.25, -0.2) is 8.42 Å². The van der Waals surface area contributed by atoms with Gasteiger partial charge in [0.25, 0.3) is 15.9 Å². The van der Waals surface area contributed by atoms with E-state index in [4.69, 9.17) is 23.2 Å². The quantitative estimate of drug-likeness (QED) is 0.490. The Bertz CT molecular complexity index is 1240. The molecule has 3 rings (SSSR count). The minimum Gasteiger partial charge on any atom is -0.322 e. The van der Waals surface area contributed by atoms with E-state index in [1.165, 1.54) is 12.1 Å². The summed E-state index contributed by atoms with van der Waals surface area (Å²) in [7, 11) is -3.89. The van der Waals surface area contributed by atoms with Gasteiger partial charge in [-0.3, -0.25) is 9.52 Å². The molecule has 8 heteroatoms. The number of benzene rings is 3. The second-order valence-electron chi connectivity index (χ2n) is 6.92. The zero-order chi connectivity index (χ0) is 22.1. The molecule has 0 aliphatic carbocycles. The maximum absolute atomic E-state index is 13.0. The van der Waals surface area contributed by atoms with E-state index in [2.05, 4.69) is 10.0 Å². The lowest BCUT2D eigenvalue weighted by Gasteiger charge is -2.14. The summed E-state index contributed by atoms with van der Waals surface area (Å²) in [5, 5.41) is 3.37. The Morgan fingerprint density at radius 2 is 1.60 bits per heavy atom. The highest BCUT2D eigenvalue weighted by Crippen LogP contribution is 2.27. The predicted octanol–water partition coefficient (Wildman–Crippen LogP) is 5.97. The van der Waals surface area contributed by atoms with E-state index >= 15 is 0 Å². The summed E-state index contributed by atoms with van der Waals surface area (Å²) < 4.78 is 28.7. The standard InChI is InChI=1S/C22H20Cl2N2O3S/c1-13-5-4-6-20(15(13)3)26-30(28,29)21-11-16(8-7-14(21)2)22(27)25-17-9-10-18(23)19(24)12-17/h4-12,26H,1-3H3,(H,25,27). The van der Waals surface area contributed by atoms with Crippen LogP contribution in [0.3, 0.4) is 0 Å². The van der Waals surface area contributed by atoms with Gasteiger partial charge in [-0.1, -0.05) is 41.4 Å². The van der Waals surface area contributed by atoms with Crippen LogP contribution in [0, 0.1) is 20.8 Å². The number of halogens is 2. The lowest BCUT2D eigenvalue weighted by molar-refractivity contribution is 0.102. The number of carbonyl (C=O) groups is 1. The number of sulfonamides is 1. The molecule has 5 nitrogen and oxygen atoms in total. The average molecular weight is 463 g/mol. The summed E-state index contributed by atoms with van der Waals surface area (Å²) in [4.78, 5) is 12.7. The van der Waals surface area contributed by atoms with E-state index < -0.39 is 15.9 Å². The largest absolute Gasteiger partial charge is 0.322 e. The zero-order valence-electron chi connectivity index (χ0n) is 16.6. The number of carbonyl (C=O) groups excluding carboxylic acids is 1. The van der Waals surface area contributed by atoms with Gasteiger partial charge >= 0.3 is 0 Å². The Hall–Kier alpha value is -2.54. The topological polar surface area (TPSA) is 75.3 Å². The van der Waals surface area contributed by atoms with Crippen molar-refractivity contribution in [2.45, 2.75) is 25.7 Å². The third-order valence-corrected chi connectivity index (χ3v) is 7.01. The molecule has 3 aromatic rings. The van der Waals surface area contributed by atoms with Gasteiger partial charge in [0.15, 0.2) is 0 Å². The van der Waals surface area contributed by atoms with Crippen molar-refractivity contribution in [2.75, 3.05) is 10.0 Å². The fraction of sp³-hybridized carbons (Fsp3) is 0.136. The van der Waals surface area contributed by atoms with Crippen molar-refractivity contribution >= 4 is 50.5 Å². The molecular weight excluding hydrogens is 443 g/mol. The van der Waals surface area contributed by atoms with Gasteiger partial charge in [0, 0.05) is 11.3 Å². The fourth-order valence-electron chi connectivity index (χ4n) is 2.87. The normalized spacial score (nSPS) is 11.2. The van der Waals surface area contributed by atoms with E-state index in [-0.39, 0.29) is 10.5 Å². The van der Waals surface area contributed by atoms with Crippen LogP contribution in [-0.4, -0.2) is 14.3 Å². The Kier molecular flexibility index (Phi) is 6.41. The number of amides is 1. The molecule has 0 unspecified atom stereocenters. The molecule has 3 aromatic carbocycles. The van der Waals surface area contributed by atoms with Gasteiger partial charge in [-0.05, 0) is 73.9 Å².